The number of hydrogen-bond donors (Lipinski definition) is 1. The van der Waals surface area contributed by atoms with Crippen LogP contribution in [0.3, 0.4) is 0 Å². The zero-order valence-corrected chi connectivity index (χ0v) is 14.1. The highest BCUT2D eigenvalue weighted by atomic mass is 19.1. The van der Waals surface area contributed by atoms with Gasteiger partial charge in [0, 0.05) is 13.2 Å². The van der Waals surface area contributed by atoms with Gasteiger partial charge in [-0.3, -0.25) is 4.98 Å². The van der Waals surface area contributed by atoms with Crippen molar-refractivity contribution in [1.82, 2.24) is 15.2 Å². The van der Waals surface area contributed by atoms with Crippen LogP contribution in [-0.2, 0) is 13.0 Å². The average Bonchev–Trinajstić information content (AvgIpc) is 2.57. The molecule has 1 aromatic heterocycles. The lowest BCUT2D eigenvalue weighted by Gasteiger charge is -2.28. The van der Waals surface area contributed by atoms with E-state index in [2.05, 4.69) is 10.3 Å². The fourth-order valence-corrected chi connectivity index (χ4v) is 3.09. The van der Waals surface area contributed by atoms with Crippen LogP contribution in [0.2, 0.25) is 0 Å². The molecule has 2 aromatic rings. The number of urea groups is 1. The predicted molar refractivity (Wildman–Crippen MR) is 91.1 cm³/mol. The van der Waals surface area contributed by atoms with Gasteiger partial charge in [0.15, 0.2) is 0 Å². The normalized spacial score (nSPS) is 16.4. The number of fused-ring (bicyclic) bond motifs is 1. The lowest BCUT2D eigenvalue weighted by molar-refractivity contribution is 0.200. The zero-order chi connectivity index (χ0) is 17.1. The molecule has 1 aromatic carbocycles. The van der Waals surface area contributed by atoms with Gasteiger partial charge in [-0.25, -0.2) is 9.18 Å². The van der Waals surface area contributed by atoms with Gasteiger partial charge < -0.3 is 10.2 Å². The molecule has 3 rings (SSSR count). The molecular weight excluding hydrogens is 305 g/mol. The van der Waals surface area contributed by atoms with E-state index in [9.17, 15) is 9.18 Å². The predicted octanol–water partition coefficient (Wildman–Crippen LogP) is 3.75. The minimum absolute atomic E-state index is 0.134. The summed E-state index contributed by atoms with van der Waals surface area (Å²) < 4.78 is 13.6. The Labute approximate surface area is 141 Å². The van der Waals surface area contributed by atoms with Crippen LogP contribution in [0, 0.1) is 12.7 Å². The maximum Gasteiger partial charge on any atom is 0.317 e. The lowest BCUT2D eigenvalue weighted by Crippen LogP contribution is -2.40. The van der Waals surface area contributed by atoms with E-state index < -0.39 is 0 Å². The smallest absolute Gasteiger partial charge is 0.317 e. The molecule has 1 aliphatic carbocycles. The van der Waals surface area contributed by atoms with Gasteiger partial charge in [-0.15, -0.1) is 0 Å². The fourth-order valence-electron chi connectivity index (χ4n) is 3.09. The molecule has 0 spiro atoms. The van der Waals surface area contributed by atoms with E-state index in [0.29, 0.717) is 6.54 Å². The molecule has 4 nitrogen and oxygen atoms in total. The number of amides is 2. The van der Waals surface area contributed by atoms with Crippen molar-refractivity contribution in [1.29, 1.82) is 0 Å². The van der Waals surface area contributed by atoms with E-state index in [-0.39, 0.29) is 17.9 Å². The second kappa shape index (κ2) is 6.99. The molecule has 24 heavy (non-hydrogen) atoms. The van der Waals surface area contributed by atoms with Crippen molar-refractivity contribution in [3.05, 3.63) is 64.7 Å². The number of benzene rings is 1. The van der Waals surface area contributed by atoms with E-state index >= 15 is 0 Å². The molecule has 1 aliphatic rings. The molecule has 1 heterocycles. The summed E-state index contributed by atoms with van der Waals surface area (Å²) in [4.78, 5) is 18.4. The Balaban J connectivity index is 1.67. The summed E-state index contributed by atoms with van der Waals surface area (Å²) >= 11 is 0. The molecule has 126 valence electrons. The van der Waals surface area contributed by atoms with Crippen LogP contribution in [0.25, 0.3) is 0 Å². The molecule has 0 radical (unpaired) electrons. The largest absolute Gasteiger partial charge is 0.331 e. The zero-order valence-electron chi connectivity index (χ0n) is 14.1. The molecule has 0 aliphatic heterocycles. The number of hydrogen-bond acceptors (Lipinski definition) is 2. The molecule has 2 amide bonds. The Hall–Kier alpha value is -2.43. The third kappa shape index (κ3) is 3.72. The number of aromatic nitrogens is 1. The number of nitrogens with zero attached hydrogens (tertiary/aromatic N) is 2. The van der Waals surface area contributed by atoms with Crippen LogP contribution in [0.1, 0.15) is 41.3 Å². The van der Waals surface area contributed by atoms with E-state index in [4.69, 9.17) is 0 Å². The first kappa shape index (κ1) is 16.4. The van der Waals surface area contributed by atoms with E-state index in [1.807, 2.05) is 25.1 Å². The molecule has 5 heteroatoms. The van der Waals surface area contributed by atoms with Crippen LogP contribution in [0.4, 0.5) is 9.18 Å². The fraction of sp³-hybridized carbons (Fsp3) is 0.368. The molecule has 0 bridgehead atoms. The quantitative estimate of drug-likeness (QED) is 0.933. The Kier molecular flexibility index (Phi) is 4.79. The average molecular weight is 327 g/mol. The number of carbonyl (C=O) groups is 1. The van der Waals surface area contributed by atoms with Gasteiger partial charge in [0.25, 0.3) is 0 Å². The Bertz CT molecular complexity index is 730. The molecule has 0 saturated heterocycles. The van der Waals surface area contributed by atoms with Crippen molar-refractivity contribution in [2.45, 2.75) is 38.8 Å². The summed E-state index contributed by atoms with van der Waals surface area (Å²) in [7, 11) is 1.74. The first-order valence-corrected chi connectivity index (χ1v) is 8.24. The van der Waals surface area contributed by atoms with Crippen LogP contribution in [0.5, 0.6) is 0 Å². The first-order valence-electron chi connectivity index (χ1n) is 8.24. The summed E-state index contributed by atoms with van der Waals surface area (Å²) in [6, 6.07) is 8.45. The van der Waals surface area contributed by atoms with Gasteiger partial charge in [-0.1, -0.05) is 12.1 Å². The van der Waals surface area contributed by atoms with Gasteiger partial charge in [-0.05, 0) is 61.1 Å². The van der Waals surface area contributed by atoms with Crippen molar-refractivity contribution in [3.63, 3.8) is 0 Å². The van der Waals surface area contributed by atoms with Gasteiger partial charge >= 0.3 is 6.03 Å². The second-order valence-corrected chi connectivity index (χ2v) is 6.42. The van der Waals surface area contributed by atoms with Crippen molar-refractivity contribution in [2.24, 2.45) is 0 Å². The van der Waals surface area contributed by atoms with Crippen LogP contribution >= 0.6 is 0 Å². The minimum atomic E-state index is -0.257. The number of halogens is 1. The summed E-state index contributed by atoms with van der Waals surface area (Å²) in [5.41, 5.74) is 3.95. The standard InChI is InChI=1S/C19H22FN3O/c1-13-6-9-16(21-11-13)12-23(2)19(24)22-18-5-3-4-14-7-8-15(20)10-17(14)18/h6-11,18H,3-5,12H2,1-2H3,(H,22,24). The maximum absolute atomic E-state index is 13.6. The van der Waals surface area contributed by atoms with Gasteiger partial charge in [0.2, 0.25) is 0 Å². The molecule has 1 atom stereocenters. The summed E-state index contributed by atoms with van der Waals surface area (Å²) in [6.07, 6.45) is 4.55. The number of carbonyl (C=O) groups excluding carboxylic acids is 1. The molecule has 0 saturated carbocycles. The highest BCUT2D eigenvalue weighted by Crippen LogP contribution is 2.30. The molecule has 1 unspecified atom stereocenters. The van der Waals surface area contributed by atoms with Crippen molar-refractivity contribution < 1.29 is 9.18 Å². The van der Waals surface area contributed by atoms with Gasteiger partial charge in [0.1, 0.15) is 5.82 Å². The van der Waals surface area contributed by atoms with Crippen molar-refractivity contribution >= 4 is 6.03 Å². The van der Waals surface area contributed by atoms with E-state index in [0.717, 1.165) is 41.6 Å². The molecule has 1 N–H and O–H groups in total. The Morgan fingerprint density at radius 3 is 2.96 bits per heavy atom. The second-order valence-electron chi connectivity index (χ2n) is 6.42. The highest BCUT2D eigenvalue weighted by molar-refractivity contribution is 5.74. The van der Waals surface area contributed by atoms with Crippen molar-refractivity contribution in [2.75, 3.05) is 7.05 Å². The Morgan fingerprint density at radius 1 is 1.38 bits per heavy atom. The molecule has 0 fully saturated rings. The van der Waals surface area contributed by atoms with Crippen LogP contribution in [0.15, 0.2) is 36.5 Å². The number of aryl methyl sites for hydroxylation is 2. The summed E-state index contributed by atoms with van der Waals surface area (Å²) in [5.74, 6) is -0.257. The molecular formula is C19H22FN3O. The van der Waals surface area contributed by atoms with E-state index in [1.54, 1.807) is 24.2 Å². The van der Waals surface area contributed by atoms with Crippen LogP contribution in [-0.4, -0.2) is 23.0 Å². The summed E-state index contributed by atoms with van der Waals surface area (Å²) in [6.45, 7) is 2.42. The summed E-state index contributed by atoms with van der Waals surface area (Å²) in [5, 5.41) is 3.03. The van der Waals surface area contributed by atoms with Crippen molar-refractivity contribution in [3.8, 4) is 0 Å². The van der Waals surface area contributed by atoms with E-state index in [1.165, 1.54) is 6.07 Å². The maximum atomic E-state index is 13.6. The number of nitrogens with one attached hydrogen (secondary N) is 1. The topological polar surface area (TPSA) is 45.2 Å². The van der Waals surface area contributed by atoms with Crippen LogP contribution < -0.4 is 5.32 Å². The third-order valence-corrected chi connectivity index (χ3v) is 4.44. The third-order valence-electron chi connectivity index (χ3n) is 4.44. The number of pyridine rings is 1. The first-order chi connectivity index (χ1) is 11.5. The highest BCUT2D eigenvalue weighted by Gasteiger charge is 2.23. The SMILES string of the molecule is Cc1ccc(CN(C)C(=O)NC2CCCc3ccc(F)cc32)nc1. The van der Waals surface area contributed by atoms with Gasteiger partial charge in [0.05, 0.1) is 18.3 Å². The minimum Gasteiger partial charge on any atom is -0.331 e. The lowest BCUT2D eigenvalue weighted by atomic mass is 9.87. The Morgan fingerprint density at radius 2 is 2.21 bits per heavy atom. The van der Waals surface area contributed by atoms with Gasteiger partial charge in [-0.2, -0.15) is 0 Å². The monoisotopic (exact) mass is 327 g/mol. The number of rotatable bonds is 3.